The number of halogens is 1. The minimum Gasteiger partial charge on any atom is -0.444 e. The van der Waals surface area contributed by atoms with Crippen molar-refractivity contribution >= 4 is 17.7 Å². The van der Waals surface area contributed by atoms with Crippen LogP contribution in [0.1, 0.15) is 44.7 Å². The fourth-order valence-electron chi connectivity index (χ4n) is 2.35. The number of nitrogens with one attached hydrogen (secondary N) is 1. The fraction of sp³-hybridized carbons (Fsp3) is 0.533. The van der Waals surface area contributed by atoms with Crippen LogP contribution < -0.4 is 5.32 Å². The van der Waals surface area contributed by atoms with Gasteiger partial charge in [-0.3, -0.25) is 0 Å². The van der Waals surface area contributed by atoms with Gasteiger partial charge in [0.1, 0.15) is 5.60 Å². The molecule has 1 fully saturated rings. The first kappa shape index (κ1) is 16.5. The number of rotatable bonds is 4. The minimum absolute atomic E-state index is 0.199. The molecule has 1 aliphatic carbocycles. The third-order valence-electron chi connectivity index (χ3n) is 3.38. The standard InChI is InChI=1S/C15H19ClN4O2/c1-14(2,3)22-13(21)19-15(6-7-15)12-5-4-11(16)8-10(12)9-18-20-17/h4-5,8H,6-7,9H2,1-3H3,(H,19,21). The maximum absolute atomic E-state index is 12.0. The second-order valence-corrected chi connectivity index (χ2v) is 6.84. The molecule has 0 spiro atoms. The van der Waals surface area contributed by atoms with Gasteiger partial charge in [0, 0.05) is 9.93 Å². The van der Waals surface area contributed by atoms with Gasteiger partial charge in [-0.25, -0.2) is 4.79 Å². The summed E-state index contributed by atoms with van der Waals surface area (Å²) in [6.45, 7) is 5.66. The van der Waals surface area contributed by atoms with E-state index < -0.39 is 17.2 Å². The normalized spacial score (nSPS) is 15.6. The topological polar surface area (TPSA) is 87.1 Å². The van der Waals surface area contributed by atoms with E-state index in [1.807, 2.05) is 26.8 Å². The van der Waals surface area contributed by atoms with E-state index in [2.05, 4.69) is 15.3 Å². The highest BCUT2D eigenvalue weighted by atomic mass is 35.5. The Morgan fingerprint density at radius 1 is 1.50 bits per heavy atom. The second-order valence-electron chi connectivity index (χ2n) is 6.40. The van der Waals surface area contributed by atoms with Gasteiger partial charge in [0.25, 0.3) is 0 Å². The fourth-order valence-corrected chi connectivity index (χ4v) is 2.55. The third-order valence-corrected chi connectivity index (χ3v) is 3.61. The molecule has 0 heterocycles. The molecule has 0 bridgehead atoms. The Morgan fingerprint density at radius 2 is 2.18 bits per heavy atom. The number of ether oxygens (including phenoxy) is 1. The minimum atomic E-state index is -0.548. The lowest BCUT2D eigenvalue weighted by Gasteiger charge is -2.25. The summed E-state index contributed by atoms with van der Waals surface area (Å²) >= 11 is 6.01. The maximum Gasteiger partial charge on any atom is 0.408 e. The number of azide groups is 1. The highest BCUT2D eigenvalue weighted by Crippen LogP contribution is 2.47. The van der Waals surface area contributed by atoms with Crippen molar-refractivity contribution in [3.8, 4) is 0 Å². The molecule has 1 N–H and O–H groups in total. The van der Waals surface area contributed by atoms with Crippen LogP contribution in [-0.2, 0) is 16.8 Å². The lowest BCUT2D eigenvalue weighted by molar-refractivity contribution is 0.0495. The number of hydrogen-bond donors (Lipinski definition) is 1. The molecule has 1 amide bonds. The van der Waals surface area contributed by atoms with Gasteiger partial charge in [-0.15, -0.1) is 0 Å². The van der Waals surface area contributed by atoms with Gasteiger partial charge in [-0.1, -0.05) is 22.8 Å². The predicted molar refractivity (Wildman–Crippen MR) is 84.6 cm³/mol. The molecule has 0 atom stereocenters. The predicted octanol–water partition coefficient (Wildman–Crippen LogP) is 4.66. The highest BCUT2D eigenvalue weighted by Gasteiger charge is 2.47. The number of alkyl carbamates (subject to hydrolysis) is 1. The zero-order chi connectivity index (χ0) is 16.4. The molecule has 0 aliphatic heterocycles. The van der Waals surface area contributed by atoms with Gasteiger partial charge in [0.2, 0.25) is 0 Å². The molecule has 2 rings (SSSR count). The summed E-state index contributed by atoms with van der Waals surface area (Å²) in [6.07, 6.45) is 1.18. The van der Waals surface area contributed by atoms with Crippen molar-refractivity contribution in [1.82, 2.24) is 5.32 Å². The Labute approximate surface area is 134 Å². The number of nitrogens with zero attached hydrogens (tertiary/aromatic N) is 3. The van der Waals surface area contributed by atoms with Crippen LogP contribution in [0, 0.1) is 0 Å². The van der Waals surface area contributed by atoms with E-state index in [-0.39, 0.29) is 6.54 Å². The van der Waals surface area contributed by atoms with E-state index in [4.69, 9.17) is 21.9 Å². The van der Waals surface area contributed by atoms with Gasteiger partial charge >= 0.3 is 6.09 Å². The average molecular weight is 323 g/mol. The number of benzene rings is 1. The number of carbonyl (C=O) groups is 1. The zero-order valence-electron chi connectivity index (χ0n) is 12.9. The molecule has 7 heteroatoms. The van der Waals surface area contributed by atoms with Crippen LogP contribution in [0.15, 0.2) is 23.3 Å². The van der Waals surface area contributed by atoms with Crippen molar-refractivity contribution in [1.29, 1.82) is 0 Å². The Kier molecular flexibility index (Phi) is 4.54. The van der Waals surface area contributed by atoms with Gasteiger partial charge in [-0.2, -0.15) is 0 Å². The van der Waals surface area contributed by atoms with Crippen LogP contribution in [0.2, 0.25) is 5.02 Å². The smallest absolute Gasteiger partial charge is 0.408 e. The quantitative estimate of drug-likeness (QED) is 0.496. The van der Waals surface area contributed by atoms with Crippen molar-refractivity contribution in [3.63, 3.8) is 0 Å². The van der Waals surface area contributed by atoms with Gasteiger partial charge in [0.05, 0.1) is 12.1 Å². The largest absolute Gasteiger partial charge is 0.444 e. The molecule has 6 nitrogen and oxygen atoms in total. The summed E-state index contributed by atoms with van der Waals surface area (Å²) in [5, 5.41) is 7.11. The first-order valence-electron chi connectivity index (χ1n) is 7.07. The summed E-state index contributed by atoms with van der Waals surface area (Å²) in [6, 6.07) is 5.41. The van der Waals surface area contributed by atoms with Crippen molar-refractivity contribution in [2.75, 3.05) is 0 Å². The molecule has 1 aromatic carbocycles. The summed E-state index contributed by atoms with van der Waals surface area (Å²) in [7, 11) is 0. The molecular weight excluding hydrogens is 304 g/mol. The van der Waals surface area contributed by atoms with E-state index in [0.717, 1.165) is 24.0 Å². The Balaban J connectivity index is 2.23. The molecule has 1 saturated carbocycles. The lowest BCUT2D eigenvalue weighted by atomic mass is 9.98. The van der Waals surface area contributed by atoms with E-state index in [0.29, 0.717) is 5.02 Å². The van der Waals surface area contributed by atoms with E-state index in [1.54, 1.807) is 12.1 Å². The van der Waals surface area contributed by atoms with E-state index in [9.17, 15) is 4.79 Å². The van der Waals surface area contributed by atoms with Crippen molar-refractivity contribution in [3.05, 3.63) is 44.8 Å². The molecule has 0 aromatic heterocycles. The van der Waals surface area contributed by atoms with Crippen LogP contribution in [0.3, 0.4) is 0 Å². The molecule has 0 unspecified atom stereocenters. The van der Waals surface area contributed by atoms with Gasteiger partial charge in [0.15, 0.2) is 0 Å². The number of amides is 1. The lowest BCUT2D eigenvalue weighted by Crippen LogP contribution is -2.39. The van der Waals surface area contributed by atoms with Crippen LogP contribution >= 0.6 is 11.6 Å². The first-order valence-corrected chi connectivity index (χ1v) is 7.44. The molecule has 0 radical (unpaired) electrons. The molecule has 0 saturated heterocycles. The van der Waals surface area contributed by atoms with Gasteiger partial charge < -0.3 is 10.1 Å². The summed E-state index contributed by atoms with van der Waals surface area (Å²) in [4.78, 5) is 14.8. The molecule has 1 aromatic rings. The van der Waals surface area contributed by atoms with Gasteiger partial charge in [-0.05, 0) is 62.4 Å². The van der Waals surface area contributed by atoms with Crippen LogP contribution in [0.4, 0.5) is 4.79 Å². The Hall–Kier alpha value is -1.91. The molecule has 22 heavy (non-hydrogen) atoms. The molecule has 118 valence electrons. The maximum atomic E-state index is 12.0. The summed E-state index contributed by atoms with van der Waals surface area (Å²) in [5.74, 6) is 0. The average Bonchev–Trinajstić information content (AvgIpc) is 3.14. The van der Waals surface area contributed by atoms with Crippen LogP contribution in [0.25, 0.3) is 10.4 Å². The number of hydrogen-bond acceptors (Lipinski definition) is 3. The Bertz CT molecular complexity index is 629. The number of carbonyl (C=O) groups excluding carboxylic acids is 1. The monoisotopic (exact) mass is 322 g/mol. The van der Waals surface area contributed by atoms with Crippen LogP contribution in [-0.4, -0.2) is 11.7 Å². The van der Waals surface area contributed by atoms with E-state index in [1.165, 1.54) is 0 Å². The van der Waals surface area contributed by atoms with Crippen molar-refractivity contribution in [2.45, 2.75) is 51.3 Å². The van der Waals surface area contributed by atoms with E-state index >= 15 is 0 Å². The van der Waals surface area contributed by atoms with Crippen molar-refractivity contribution < 1.29 is 9.53 Å². The third kappa shape index (κ3) is 4.06. The van der Waals surface area contributed by atoms with Crippen molar-refractivity contribution in [2.24, 2.45) is 5.11 Å². The molecular formula is C15H19ClN4O2. The first-order chi connectivity index (χ1) is 10.3. The Morgan fingerprint density at radius 3 is 2.73 bits per heavy atom. The summed E-state index contributed by atoms with van der Waals surface area (Å²) in [5.41, 5.74) is 9.26. The zero-order valence-corrected chi connectivity index (χ0v) is 13.6. The SMILES string of the molecule is CC(C)(C)OC(=O)NC1(c2ccc(Cl)cc2CN=[N+]=[N-])CC1. The molecule has 1 aliphatic rings. The summed E-state index contributed by atoms with van der Waals surface area (Å²) < 4.78 is 5.32. The second kappa shape index (κ2) is 6.07. The highest BCUT2D eigenvalue weighted by molar-refractivity contribution is 6.30. The van der Waals surface area contributed by atoms with Crippen LogP contribution in [0.5, 0.6) is 0 Å².